The number of ketones is 1. The molecule has 0 unspecified atom stereocenters. The van der Waals surface area contributed by atoms with Gasteiger partial charge in [-0.3, -0.25) is 4.79 Å². The number of rotatable bonds is 4. The van der Waals surface area contributed by atoms with Gasteiger partial charge in [0.15, 0.2) is 5.78 Å². The number of para-hydroxylation sites is 1. The van der Waals surface area contributed by atoms with Crippen LogP contribution in [0.5, 0.6) is 5.75 Å². The molecule has 1 aliphatic carbocycles. The molecule has 84 valence electrons. The standard InChI is InChI=1S/C14H16O2/c1-16-14-9-5-4-8-12(14)10-13(15)11-6-2-3-7-11/h4-6,8-9H,2-3,7,10H2,1H3. The van der Waals surface area contributed by atoms with Gasteiger partial charge in [-0.2, -0.15) is 0 Å². The summed E-state index contributed by atoms with van der Waals surface area (Å²) in [5, 5.41) is 0. The summed E-state index contributed by atoms with van der Waals surface area (Å²) in [6.07, 6.45) is 5.63. The molecule has 2 rings (SSSR count). The van der Waals surface area contributed by atoms with Gasteiger partial charge in [-0.15, -0.1) is 0 Å². The maximum absolute atomic E-state index is 12.0. The molecular formula is C14H16O2. The van der Waals surface area contributed by atoms with Gasteiger partial charge in [0.1, 0.15) is 5.75 Å². The summed E-state index contributed by atoms with van der Waals surface area (Å²) in [5.74, 6) is 1.04. The molecule has 0 saturated heterocycles. The molecule has 0 spiro atoms. The second kappa shape index (κ2) is 4.97. The molecular weight excluding hydrogens is 200 g/mol. The fourth-order valence-corrected chi connectivity index (χ4v) is 2.06. The van der Waals surface area contributed by atoms with E-state index < -0.39 is 0 Å². The van der Waals surface area contributed by atoms with Crippen molar-refractivity contribution in [2.24, 2.45) is 0 Å². The quantitative estimate of drug-likeness (QED) is 0.773. The van der Waals surface area contributed by atoms with E-state index >= 15 is 0 Å². The summed E-state index contributed by atoms with van der Waals surface area (Å²) in [6, 6.07) is 7.70. The smallest absolute Gasteiger partial charge is 0.163 e. The van der Waals surface area contributed by atoms with Gasteiger partial charge in [0.05, 0.1) is 7.11 Å². The fourth-order valence-electron chi connectivity index (χ4n) is 2.06. The van der Waals surface area contributed by atoms with Gasteiger partial charge in [0.2, 0.25) is 0 Å². The molecule has 2 nitrogen and oxygen atoms in total. The molecule has 1 aromatic rings. The van der Waals surface area contributed by atoms with Gasteiger partial charge in [-0.05, 0) is 30.9 Å². The molecule has 0 aliphatic heterocycles. The first kappa shape index (κ1) is 10.9. The van der Waals surface area contributed by atoms with E-state index in [1.54, 1.807) is 7.11 Å². The zero-order valence-electron chi connectivity index (χ0n) is 9.53. The van der Waals surface area contributed by atoms with Crippen LogP contribution < -0.4 is 4.74 Å². The Morgan fingerprint density at radius 3 is 2.88 bits per heavy atom. The maximum Gasteiger partial charge on any atom is 0.163 e. The van der Waals surface area contributed by atoms with Crippen LogP contribution in [0.4, 0.5) is 0 Å². The summed E-state index contributed by atoms with van der Waals surface area (Å²) in [6.45, 7) is 0. The number of hydrogen-bond donors (Lipinski definition) is 0. The van der Waals surface area contributed by atoms with Gasteiger partial charge >= 0.3 is 0 Å². The van der Waals surface area contributed by atoms with Crippen LogP contribution in [0.1, 0.15) is 24.8 Å². The topological polar surface area (TPSA) is 26.3 Å². The van der Waals surface area contributed by atoms with Crippen LogP contribution in [0.2, 0.25) is 0 Å². The lowest BCUT2D eigenvalue weighted by Gasteiger charge is -2.07. The third kappa shape index (κ3) is 2.32. The highest BCUT2D eigenvalue weighted by Gasteiger charge is 2.15. The minimum Gasteiger partial charge on any atom is -0.496 e. The van der Waals surface area contributed by atoms with Crippen LogP contribution >= 0.6 is 0 Å². The Morgan fingerprint density at radius 2 is 2.19 bits per heavy atom. The number of Topliss-reactive ketones (excluding diaryl/α,β-unsaturated/α-hetero) is 1. The van der Waals surface area contributed by atoms with Crippen molar-refractivity contribution in [1.29, 1.82) is 0 Å². The lowest BCUT2D eigenvalue weighted by molar-refractivity contribution is -0.115. The molecule has 1 aromatic carbocycles. The average Bonchev–Trinajstić information content (AvgIpc) is 2.83. The van der Waals surface area contributed by atoms with E-state index in [9.17, 15) is 4.79 Å². The third-order valence-electron chi connectivity index (χ3n) is 2.94. The van der Waals surface area contributed by atoms with Crippen molar-refractivity contribution in [2.45, 2.75) is 25.7 Å². The molecule has 0 amide bonds. The molecule has 16 heavy (non-hydrogen) atoms. The minimum absolute atomic E-state index is 0.238. The summed E-state index contributed by atoms with van der Waals surface area (Å²) in [7, 11) is 1.64. The molecule has 0 fully saturated rings. The van der Waals surface area contributed by atoms with Crippen molar-refractivity contribution >= 4 is 5.78 Å². The van der Waals surface area contributed by atoms with Crippen molar-refractivity contribution < 1.29 is 9.53 Å². The molecule has 0 aromatic heterocycles. The predicted octanol–water partition coefficient (Wildman–Crippen LogP) is 2.92. The van der Waals surface area contributed by atoms with Crippen molar-refractivity contribution in [3.05, 3.63) is 41.5 Å². The molecule has 0 heterocycles. The van der Waals surface area contributed by atoms with Crippen LogP contribution in [0, 0.1) is 0 Å². The Labute approximate surface area is 95.9 Å². The van der Waals surface area contributed by atoms with Gasteiger partial charge in [-0.25, -0.2) is 0 Å². The van der Waals surface area contributed by atoms with Crippen LogP contribution in [0.3, 0.4) is 0 Å². The summed E-state index contributed by atoms with van der Waals surface area (Å²) >= 11 is 0. The van der Waals surface area contributed by atoms with E-state index in [2.05, 4.69) is 6.08 Å². The maximum atomic E-state index is 12.0. The molecule has 0 bridgehead atoms. The first-order valence-corrected chi connectivity index (χ1v) is 5.65. The van der Waals surface area contributed by atoms with Gasteiger partial charge in [-0.1, -0.05) is 24.3 Å². The highest BCUT2D eigenvalue weighted by atomic mass is 16.5. The fraction of sp³-hybridized carbons (Fsp3) is 0.357. The van der Waals surface area contributed by atoms with E-state index in [0.717, 1.165) is 36.1 Å². The molecule has 0 saturated carbocycles. The highest BCUT2D eigenvalue weighted by Crippen LogP contribution is 2.23. The minimum atomic E-state index is 0.238. The Morgan fingerprint density at radius 1 is 1.38 bits per heavy atom. The summed E-state index contributed by atoms with van der Waals surface area (Å²) in [4.78, 5) is 12.0. The molecule has 0 atom stereocenters. The lowest BCUT2D eigenvalue weighted by atomic mass is 10.0. The van der Waals surface area contributed by atoms with Crippen molar-refractivity contribution in [3.8, 4) is 5.75 Å². The second-order valence-electron chi connectivity index (χ2n) is 4.03. The average molecular weight is 216 g/mol. The number of benzene rings is 1. The zero-order valence-corrected chi connectivity index (χ0v) is 9.53. The van der Waals surface area contributed by atoms with Crippen molar-refractivity contribution in [2.75, 3.05) is 7.11 Å². The Balaban J connectivity index is 2.11. The largest absolute Gasteiger partial charge is 0.496 e. The highest BCUT2D eigenvalue weighted by molar-refractivity contribution is 5.97. The predicted molar refractivity (Wildman–Crippen MR) is 63.6 cm³/mol. The Kier molecular flexibility index (Phi) is 3.40. The van der Waals surface area contributed by atoms with E-state index in [1.807, 2.05) is 24.3 Å². The monoisotopic (exact) mass is 216 g/mol. The number of methoxy groups -OCH3 is 1. The first-order valence-electron chi connectivity index (χ1n) is 5.65. The van der Waals surface area contributed by atoms with Crippen molar-refractivity contribution in [3.63, 3.8) is 0 Å². The zero-order chi connectivity index (χ0) is 11.4. The van der Waals surface area contributed by atoms with Crippen LogP contribution in [-0.4, -0.2) is 12.9 Å². The number of allylic oxidation sites excluding steroid dienone is 2. The molecule has 0 radical (unpaired) electrons. The molecule has 0 N–H and O–H groups in total. The number of ether oxygens (including phenoxy) is 1. The van der Waals surface area contributed by atoms with Gasteiger partial charge < -0.3 is 4.74 Å². The number of carbonyl (C=O) groups is 1. The summed E-state index contributed by atoms with van der Waals surface area (Å²) in [5.41, 5.74) is 1.97. The SMILES string of the molecule is COc1ccccc1CC(=O)C1=CCCC1. The van der Waals surface area contributed by atoms with E-state index in [-0.39, 0.29) is 5.78 Å². The third-order valence-corrected chi connectivity index (χ3v) is 2.94. The first-order chi connectivity index (χ1) is 7.81. The Hall–Kier alpha value is -1.57. The number of carbonyl (C=O) groups excluding carboxylic acids is 1. The van der Waals surface area contributed by atoms with E-state index in [1.165, 1.54) is 0 Å². The van der Waals surface area contributed by atoms with E-state index in [4.69, 9.17) is 4.74 Å². The van der Waals surface area contributed by atoms with Gasteiger partial charge in [0.25, 0.3) is 0 Å². The summed E-state index contributed by atoms with van der Waals surface area (Å²) < 4.78 is 5.24. The van der Waals surface area contributed by atoms with Crippen LogP contribution in [0.15, 0.2) is 35.9 Å². The second-order valence-corrected chi connectivity index (χ2v) is 4.03. The van der Waals surface area contributed by atoms with Crippen LogP contribution in [0.25, 0.3) is 0 Å². The lowest BCUT2D eigenvalue weighted by Crippen LogP contribution is -2.06. The normalized spacial score (nSPS) is 14.7. The molecule has 2 heteroatoms. The van der Waals surface area contributed by atoms with Crippen LogP contribution in [-0.2, 0) is 11.2 Å². The van der Waals surface area contributed by atoms with Gasteiger partial charge in [0, 0.05) is 12.0 Å². The molecule has 1 aliphatic rings. The van der Waals surface area contributed by atoms with Crippen molar-refractivity contribution in [1.82, 2.24) is 0 Å². The van der Waals surface area contributed by atoms with E-state index in [0.29, 0.717) is 6.42 Å². The Bertz CT molecular complexity index is 418. The number of hydrogen-bond acceptors (Lipinski definition) is 2.